The number of benzene rings is 1. The first kappa shape index (κ1) is 28.8. The monoisotopic (exact) mass is 495 g/mol. The molecule has 1 rings (SSSR count). The third-order valence-electron chi connectivity index (χ3n) is 4.78. The lowest BCUT2D eigenvalue weighted by Gasteiger charge is -2.24. The smallest absolute Gasteiger partial charge is 0.325 e. The summed E-state index contributed by atoms with van der Waals surface area (Å²) in [5.74, 6) is -6.43. The largest absolute Gasteiger partial charge is 0.508 e. The lowest BCUT2D eigenvalue weighted by Crippen LogP contribution is -2.57. The summed E-state index contributed by atoms with van der Waals surface area (Å²) in [6, 6.07) is 0.291. The summed E-state index contributed by atoms with van der Waals surface area (Å²) in [4.78, 5) is 71.0. The number of nitrogens with two attached hydrogens (primary N) is 2. The van der Waals surface area contributed by atoms with Crippen molar-refractivity contribution in [2.24, 2.45) is 11.5 Å². The van der Waals surface area contributed by atoms with E-state index in [2.05, 4.69) is 16.0 Å². The average molecular weight is 495 g/mol. The molecule has 0 heterocycles. The van der Waals surface area contributed by atoms with Crippen molar-refractivity contribution in [3.8, 4) is 5.75 Å². The second kappa shape index (κ2) is 13.5. The normalized spacial score (nSPS) is 14.0. The highest BCUT2D eigenvalue weighted by molar-refractivity contribution is 5.95. The molecule has 1 aromatic rings. The van der Waals surface area contributed by atoms with E-state index in [4.69, 9.17) is 21.7 Å². The Hall–Kier alpha value is -4.20. The molecule has 1 aromatic carbocycles. The summed E-state index contributed by atoms with van der Waals surface area (Å²) in [6.07, 6.45) is -1.47. The fraction of sp³-hybridized carbons (Fsp3) is 0.429. The molecular formula is C21H29N5O9. The summed E-state index contributed by atoms with van der Waals surface area (Å²) in [7, 11) is 0. The number of phenols is 1. The average Bonchev–Trinajstić information content (AvgIpc) is 2.76. The fourth-order valence-electron chi connectivity index (χ4n) is 2.84. The Bertz CT molecular complexity index is 951. The molecule has 4 unspecified atom stereocenters. The van der Waals surface area contributed by atoms with Crippen LogP contribution in [-0.4, -0.2) is 75.1 Å². The molecule has 0 aliphatic carbocycles. The molecular weight excluding hydrogens is 466 g/mol. The molecule has 0 saturated carbocycles. The number of primary amides is 1. The van der Waals surface area contributed by atoms with Crippen molar-refractivity contribution in [2.45, 2.75) is 56.8 Å². The molecule has 14 nitrogen and oxygen atoms in total. The molecule has 0 saturated heterocycles. The van der Waals surface area contributed by atoms with Crippen LogP contribution in [0.1, 0.15) is 31.7 Å². The molecule has 14 heteroatoms. The molecule has 0 radical (unpaired) electrons. The maximum atomic E-state index is 12.7. The molecule has 0 aromatic heterocycles. The Kier molecular flexibility index (Phi) is 11.1. The molecule has 0 bridgehead atoms. The van der Waals surface area contributed by atoms with E-state index in [1.165, 1.54) is 31.2 Å². The van der Waals surface area contributed by atoms with Gasteiger partial charge in [0.05, 0.1) is 12.5 Å². The number of nitrogens with one attached hydrogen (secondary N) is 3. The summed E-state index contributed by atoms with van der Waals surface area (Å²) in [5, 5.41) is 34.0. The van der Waals surface area contributed by atoms with Gasteiger partial charge >= 0.3 is 11.9 Å². The first-order valence-electron chi connectivity index (χ1n) is 10.5. The van der Waals surface area contributed by atoms with Crippen LogP contribution in [0.3, 0.4) is 0 Å². The molecule has 0 aliphatic heterocycles. The number of carboxylic acids is 2. The summed E-state index contributed by atoms with van der Waals surface area (Å²) in [6.45, 7) is 1.18. The highest BCUT2D eigenvalue weighted by atomic mass is 16.4. The second-order valence-electron chi connectivity index (χ2n) is 7.77. The predicted octanol–water partition coefficient (Wildman–Crippen LogP) is -2.44. The maximum Gasteiger partial charge on any atom is 0.325 e. The van der Waals surface area contributed by atoms with E-state index < -0.39 is 66.2 Å². The van der Waals surface area contributed by atoms with Gasteiger partial charge in [0, 0.05) is 6.42 Å². The van der Waals surface area contributed by atoms with E-state index >= 15 is 0 Å². The van der Waals surface area contributed by atoms with Crippen LogP contribution >= 0.6 is 0 Å². The van der Waals surface area contributed by atoms with Crippen molar-refractivity contribution in [3.63, 3.8) is 0 Å². The molecule has 10 N–H and O–H groups in total. The van der Waals surface area contributed by atoms with Crippen molar-refractivity contribution < 1.29 is 44.1 Å². The minimum absolute atomic E-state index is 0.0117. The van der Waals surface area contributed by atoms with Gasteiger partial charge in [0.15, 0.2) is 0 Å². The Labute approximate surface area is 200 Å². The molecule has 0 spiro atoms. The predicted molar refractivity (Wildman–Crippen MR) is 120 cm³/mol. The summed E-state index contributed by atoms with van der Waals surface area (Å²) in [5.41, 5.74) is 11.5. The van der Waals surface area contributed by atoms with E-state index in [0.29, 0.717) is 5.56 Å². The SMILES string of the molecule is CC(NC(=O)C(CCC(N)=O)NC(=O)C(CC(=O)O)NC(=O)C(N)Cc1ccc(O)cc1)C(=O)O. The number of carbonyl (C=O) groups excluding carboxylic acids is 4. The third kappa shape index (κ3) is 10.5. The molecule has 4 atom stereocenters. The number of carbonyl (C=O) groups is 6. The van der Waals surface area contributed by atoms with Gasteiger partial charge in [-0.2, -0.15) is 0 Å². The van der Waals surface area contributed by atoms with Crippen LogP contribution in [0.15, 0.2) is 24.3 Å². The van der Waals surface area contributed by atoms with Gasteiger partial charge in [-0.05, 0) is 37.5 Å². The molecule has 4 amide bonds. The van der Waals surface area contributed by atoms with E-state index in [1.54, 1.807) is 0 Å². The number of aromatic hydroxyl groups is 1. The highest BCUT2D eigenvalue weighted by Crippen LogP contribution is 2.11. The van der Waals surface area contributed by atoms with Crippen LogP contribution in [0.4, 0.5) is 0 Å². The molecule has 35 heavy (non-hydrogen) atoms. The van der Waals surface area contributed by atoms with Gasteiger partial charge in [-0.25, -0.2) is 0 Å². The molecule has 0 aliphatic rings. The van der Waals surface area contributed by atoms with Gasteiger partial charge in [-0.3, -0.25) is 28.8 Å². The van der Waals surface area contributed by atoms with Crippen LogP contribution in [0.2, 0.25) is 0 Å². The first-order chi connectivity index (χ1) is 16.3. The van der Waals surface area contributed by atoms with Gasteiger partial charge in [-0.1, -0.05) is 12.1 Å². The van der Waals surface area contributed by atoms with Crippen molar-refractivity contribution in [3.05, 3.63) is 29.8 Å². The highest BCUT2D eigenvalue weighted by Gasteiger charge is 2.31. The van der Waals surface area contributed by atoms with Crippen molar-refractivity contribution in [2.75, 3.05) is 0 Å². The summed E-state index contributed by atoms with van der Waals surface area (Å²) < 4.78 is 0. The Morgan fingerprint density at radius 1 is 0.886 bits per heavy atom. The van der Waals surface area contributed by atoms with Gasteiger partial charge in [-0.15, -0.1) is 0 Å². The van der Waals surface area contributed by atoms with Crippen molar-refractivity contribution >= 4 is 35.6 Å². The lowest BCUT2D eigenvalue weighted by molar-refractivity contribution is -0.143. The Balaban J connectivity index is 2.94. The number of hydrogen-bond acceptors (Lipinski definition) is 8. The number of rotatable bonds is 14. The van der Waals surface area contributed by atoms with Crippen molar-refractivity contribution in [1.29, 1.82) is 0 Å². The maximum absolute atomic E-state index is 12.7. The van der Waals surface area contributed by atoms with E-state index in [9.17, 15) is 33.9 Å². The zero-order valence-corrected chi connectivity index (χ0v) is 18.9. The van der Waals surface area contributed by atoms with Gasteiger partial charge in [0.1, 0.15) is 23.9 Å². The first-order valence-corrected chi connectivity index (χ1v) is 10.5. The zero-order valence-electron chi connectivity index (χ0n) is 18.9. The number of hydrogen-bond donors (Lipinski definition) is 8. The van der Waals surface area contributed by atoms with E-state index in [1.807, 2.05) is 0 Å². The lowest BCUT2D eigenvalue weighted by atomic mass is 10.0. The van der Waals surface area contributed by atoms with Crippen LogP contribution < -0.4 is 27.4 Å². The topological polar surface area (TPSA) is 251 Å². The van der Waals surface area contributed by atoms with Crippen LogP contribution in [-0.2, 0) is 35.2 Å². The Morgan fingerprint density at radius 2 is 1.43 bits per heavy atom. The number of phenolic OH excluding ortho intramolecular Hbond substituents is 1. The minimum atomic E-state index is -1.63. The number of aliphatic carboxylic acids is 2. The Morgan fingerprint density at radius 3 is 1.94 bits per heavy atom. The summed E-state index contributed by atoms with van der Waals surface area (Å²) >= 11 is 0. The van der Waals surface area contributed by atoms with E-state index in [-0.39, 0.29) is 25.0 Å². The second-order valence-corrected chi connectivity index (χ2v) is 7.77. The van der Waals surface area contributed by atoms with E-state index in [0.717, 1.165) is 0 Å². The van der Waals surface area contributed by atoms with Crippen molar-refractivity contribution in [1.82, 2.24) is 16.0 Å². The molecule has 192 valence electrons. The quantitative estimate of drug-likeness (QED) is 0.135. The van der Waals surface area contributed by atoms with Gasteiger partial charge < -0.3 is 42.7 Å². The van der Waals surface area contributed by atoms with Crippen LogP contribution in [0.5, 0.6) is 5.75 Å². The fourth-order valence-corrected chi connectivity index (χ4v) is 2.84. The van der Waals surface area contributed by atoms with Gasteiger partial charge in [0.25, 0.3) is 0 Å². The standard InChI is InChI=1S/C21H29N5O9/c1-10(21(34)35)24-19(32)14(6-7-16(23)28)25-20(33)15(9-17(29)30)26-18(31)13(22)8-11-2-4-12(27)5-3-11/h2-5,10,13-15,27H,6-9,22H2,1H3,(H2,23,28)(H,24,32)(H,25,33)(H,26,31)(H,29,30)(H,34,35). The zero-order chi connectivity index (χ0) is 26.7. The molecule has 0 fully saturated rings. The minimum Gasteiger partial charge on any atom is -0.508 e. The van der Waals surface area contributed by atoms with Crippen LogP contribution in [0, 0.1) is 0 Å². The van der Waals surface area contributed by atoms with Crippen LogP contribution in [0.25, 0.3) is 0 Å². The third-order valence-corrected chi connectivity index (χ3v) is 4.78. The number of carboxylic acid groups (broad SMARTS) is 2. The number of amides is 4. The van der Waals surface area contributed by atoms with Gasteiger partial charge in [0.2, 0.25) is 23.6 Å².